The van der Waals surface area contributed by atoms with E-state index in [2.05, 4.69) is 15.0 Å². The number of fused-ring (bicyclic) bond motifs is 1. The highest BCUT2D eigenvalue weighted by molar-refractivity contribution is 5.85. The summed E-state index contributed by atoms with van der Waals surface area (Å²) in [6, 6.07) is 5.93. The molecule has 0 radical (unpaired) electrons. The van der Waals surface area contributed by atoms with Crippen molar-refractivity contribution < 1.29 is 9.53 Å². The van der Waals surface area contributed by atoms with E-state index in [0.717, 1.165) is 66.9 Å². The van der Waals surface area contributed by atoms with Gasteiger partial charge in [0.25, 0.3) is 0 Å². The highest BCUT2D eigenvalue weighted by atomic mass is 16.5. The lowest BCUT2D eigenvalue weighted by Crippen LogP contribution is -2.38. The molecule has 152 valence electrons. The second-order valence-corrected chi connectivity index (χ2v) is 7.72. The van der Waals surface area contributed by atoms with E-state index in [-0.39, 0.29) is 11.7 Å². The van der Waals surface area contributed by atoms with Gasteiger partial charge in [0.1, 0.15) is 5.78 Å². The summed E-state index contributed by atoms with van der Waals surface area (Å²) in [5, 5.41) is 5.19. The number of nitrogens with zero attached hydrogens (tertiary/aromatic N) is 5. The lowest BCUT2D eigenvalue weighted by atomic mass is 9.90. The second-order valence-electron chi connectivity index (χ2n) is 7.72. The van der Waals surface area contributed by atoms with E-state index in [9.17, 15) is 4.79 Å². The molecule has 1 aliphatic heterocycles. The second kappa shape index (κ2) is 8.80. The van der Waals surface area contributed by atoms with Crippen molar-refractivity contribution in [1.29, 1.82) is 0 Å². The lowest BCUT2D eigenvalue weighted by molar-refractivity contribution is -0.123. The molecule has 0 bridgehead atoms. The molecule has 0 atom stereocenters. The molecule has 0 saturated carbocycles. The number of piperidine rings is 1. The Bertz CT molecular complexity index is 992. The standard InChI is InChI=1S/C22H27N5O2/c1-26-15-18(14-24-26)20-4-3-17-13-23-19(11-21(17)25-20)12-22(28)16-5-7-27(8-6-16)9-10-29-2/h3-4,11,13-16H,5-10,12H2,1-2H3. The maximum atomic E-state index is 12.8. The van der Waals surface area contributed by atoms with Crippen LogP contribution in [0.1, 0.15) is 18.5 Å². The minimum Gasteiger partial charge on any atom is -0.383 e. The maximum absolute atomic E-state index is 12.8. The van der Waals surface area contributed by atoms with Crippen LogP contribution in [0.15, 0.2) is 36.8 Å². The van der Waals surface area contributed by atoms with Crippen LogP contribution in [0.2, 0.25) is 0 Å². The first-order valence-corrected chi connectivity index (χ1v) is 10.1. The van der Waals surface area contributed by atoms with Gasteiger partial charge < -0.3 is 9.64 Å². The topological polar surface area (TPSA) is 73.1 Å². The fraction of sp³-hybridized carbons (Fsp3) is 0.455. The maximum Gasteiger partial charge on any atom is 0.142 e. The largest absolute Gasteiger partial charge is 0.383 e. The van der Waals surface area contributed by atoms with Crippen LogP contribution in [-0.4, -0.2) is 63.8 Å². The molecule has 0 aliphatic carbocycles. The molecule has 3 aromatic heterocycles. The third-order valence-electron chi connectivity index (χ3n) is 5.64. The molecular weight excluding hydrogens is 366 g/mol. The molecule has 3 aromatic rings. The molecule has 0 unspecified atom stereocenters. The van der Waals surface area contributed by atoms with E-state index < -0.39 is 0 Å². The fourth-order valence-corrected chi connectivity index (χ4v) is 3.89. The van der Waals surface area contributed by atoms with E-state index in [0.29, 0.717) is 6.42 Å². The van der Waals surface area contributed by atoms with Crippen molar-refractivity contribution in [1.82, 2.24) is 24.6 Å². The first kappa shape index (κ1) is 19.7. The first-order valence-electron chi connectivity index (χ1n) is 10.1. The van der Waals surface area contributed by atoms with Gasteiger partial charge in [0.15, 0.2) is 0 Å². The summed E-state index contributed by atoms with van der Waals surface area (Å²) < 4.78 is 6.91. The third-order valence-corrected chi connectivity index (χ3v) is 5.64. The zero-order chi connectivity index (χ0) is 20.2. The number of aromatic nitrogens is 4. The number of ketones is 1. The SMILES string of the molecule is COCCN1CCC(C(=O)Cc2cc3nc(-c4cnn(C)c4)ccc3cn2)CC1. The summed E-state index contributed by atoms with van der Waals surface area (Å²) in [5.74, 6) is 0.410. The van der Waals surface area contributed by atoms with Gasteiger partial charge >= 0.3 is 0 Å². The molecule has 1 aliphatic rings. The summed E-state index contributed by atoms with van der Waals surface area (Å²) in [6.07, 6.45) is 7.76. The Labute approximate surface area is 170 Å². The molecule has 0 amide bonds. The van der Waals surface area contributed by atoms with Gasteiger partial charge in [-0.25, -0.2) is 4.98 Å². The Balaban J connectivity index is 1.43. The minimum absolute atomic E-state index is 0.126. The van der Waals surface area contributed by atoms with Crippen molar-refractivity contribution in [3.8, 4) is 11.3 Å². The van der Waals surface area contributed by atoms with Crippen LogP contribution in [-0.2, 0) is 23.0 Å². The van der Waals surface area contributed by atoms with E-state index >= 15 is 0 Å². The Morgan fingerprint density at radius 2 is 2.07 bits per heavy atom. The highest BCUT2D eigenvalue weighted by Crippen LogP contribution is 2.22. The van der Waals surface area contributed by atoms with Crippen LogP contribution in [0.25, 0.3) is 22.2 Å². The van der Waals surface area contributed by atoms with Gasteiger partial charge in [-0.1, -0.05) is 0 Å². The van der Waals surface area contributed by atoms with Gasteiger partial charge in [0.2, 0.25) is 0 Å². The number of hydrogen-bond acceptors (Lipinski definition) is 6. The third kappa shape index (κ3) is 4.68. The molecule has 0 aromatic carbocycles. The molecule has 4 rings (SSSR count). The molecule has 1 saturated heterocycles. The minimum atomic E-state index is 0.126. The van der Waals surface area contributed by atoms with E-state index in [1.807, 2.05) is 37.6 Å². The van der Waals surface area contributed by atoms with Crippen molar-refractivity contribution >= 4 is 16.7 Å². The van der Waals surface area contributed by atoms with Crippen molar-refractivity contribution in [2.45, 2.75) is 19.3 Å². The summed E-state index contributed by atoms with van der Waals surface area (Å²) >= 11 is 0. The van der Waals surface area contributed by atoms with Crippen molar-refractivity contribution in [3.63, 3.8) is 0 Å². The van der Waals surface area contributed by atoms with Crippen LogP contribution in [0, 0.1) is 5.92 Å². The van der Waals surface area contributed by atoms with Crippen molar-refractivity contribution in [2.24, 2.45) is 13.0 Å². The molecule has 7 heteroatoms. The summed E-state index contributed by atoms with van der Waals surface area (Å²) in [7, 11) is 3.61. The molecule has 0 N–H and O–H groups in total. The average molecular weight is 393 g/mol. The Kier molecular flexibility index (Phi) is 5.97. The van der Waals surface area contributed by atoms with Crippen molar-refractivity contribution in [3.05, 3.63) is 42.5 Å². The van der Waals surface area contributed by atoms with E-state index in [4.69, 9.17) is 9.72 Å². The summed E-state index contributed by atoms with van der Waals surface area (Å²) in [4.78, 5) is 24.4. The first-order chi connectivity index (χ1) is 14.1. The van der Waals surface area contributed by atoms with Crippen molar-refractivity contribution in [2.75, 3.05) is 33.4 Å². The monoisotopic (exact) mass is 393 g/mol. The van der Waals surface area contributed by atoms with Crippen LogP contribution in [0.3, 0.4) is 0 Å². The van der Waals surface area contributed by atoms with Crippen LogP contribution < -0.4 is 0 Å². The number of likely N-dealkylation sites (tertiary alicyclic amines) is 1. The Morgan fingerprint density at radius 3 is 2.79 bits per heavy atom. The van der Waals surface area contributed by atoms with E-state index in [1.165, 1.54) is 0 Å². The molecule has 4 heterocycles. The number of carbonyl (C=O) groups is 1. The number of hydrogen-bond donors (Lipinski definition) is 0. The smallest absolute Gasteiger partial charge is 0.142 e. The number of aryl methyl sites for hydroxylation is 1. The number of ether oxygens (including phenoxy) is 1. The van der Waals surface area contributed by atoms with Crippen LogP contribution in [0.4, 0.5) is 0 Å². The summed E-state index contributed by atoms with van der Waals surface area (Å²) in [5.41, 5.74) is 3.50. The summed E-state index contributed by atoms with van der Waals surface area (Å²) in [6.45, 7) is 3.60. The zero-order valence-corrected chi connectivity index (χ0v) is 17.0. The van der Waals surface area contributed by atoms with Gasteiger partial charge in [-0.2, -0.15) is 5.10 Å². The predicted octanol–water partition coefficient (Wildman–Crippen LogP) is 2.50. The number of methoxy groups -OCH3 is 1. The predicted molar refractivity (Wildman–Crippen MR) is 111 cm³/mol. The van der Waals surface area contributed by atoms with E-state index in [1.54, 1.807) is 18.0 Å². The number of rotatable bonds is 7. The number of pyridine rings is 2. The van der Waals surface area contributed by atoms with Gasteiger partial charge in [0.05, 0.1) is 24.0 Å². The van der Waals surface area contributed by atoms with Crippen LogP contribution in [0.5, 0.6) is 0 Å². The van der Waals surface area contributed by atoms with Crippen LogP contribution >= 0.6 is 0 Å². The number of carbonyl (C=O) groups excluding carboxylic acids is 1. The lowest BCUT2D eigenvalue weighted by Gasteiger charge is -2.30. The zero-order valence-electron chi connectivity index (χ0n) is 17.0. The fourth-order valence-electron chi connectivity index (χ4n) is 3.89. The Hall–Kier alpha value is -2.64. The highest BCUT2D eigenvalue weighted by Gasteiger charge is 2.25. The molecule has 29 heavy (non-hydrogen) atoms. The van der Waals surface area contributed by atoms with Gasteiger partial charge in [-0.15, -0.1) is 0 Å². The van der Waals surface area contributed by atoms with Gasteiger partial charge in [-0.3, -0.25) is 14.5 Å². The average Bonchev–Trinajstić information content (AvgIpc) is 3.18. The molecule has 1 fully saturated rings. The normalized spacial score (nSPS) is 15.8. The Morgan fingerprint density at radius 1 is 1.24 bits per heavy atom. The van der Waals surface area contributed by atoms with Gasteiger partial charge in [0, 0.05) is 62.1 Å². The quantitative estimate of drug-likeness (QED) is 0.614. The van der Waals surface area contributed by atoms with Gasteiger partial charge in [-0.05, 0) is 44.1 Å². The molecule has 7 nitrogen and oxygen atoms in total. The number of Topliss-reactive ketones (excluding diaryl/α,β-unsaturated/α-hetero) is 1. The molecule has 0 spiro atoms. The molecular formula is C22H27N5O2.